The molecule has 0 spiro atoms. The Labute approximate surface area is 293 Å². The van der Waals surface area contributed by atoms with Crippen LogP contribution in [-0.2, 0) is 6.42 Å². The van der Waals surface area contributed by atoms with E-state index in [-0.39, 0.29) is 0 Å². The molecule has 0 radical (unpaired) electrons. The summed E-state index contributed by atoms with van der Waals surface area (Å²) in [6, 6.07) is 47.3. The fourth-order valence-corrected chi connectivity index (χ4v) is 8.10. The zero-order chi connectivity index (χ0) is 33.5. The number of benzene rings is 6. The van der Waals surface area contributed by atoms with E-state index < -0.39 is 0 Å². The van der Waals surface area contributed by atoms with Crippen molar-refractivity contribution >= 4 is 56.2 Å². The lowest BCUT2D eigenvalue weighted by molar-refractivity contribution is 1.26. The number of aliphatic imine (C=N–C) groups is 2. The van der Waals surface area contributed by atoms with Crippen LogP contribution in [0.25, 0.3) is 54.9 Å². The predicted octanol–water partition coefficient (Wildman–Crippen LogP) is 10.7. The number of aromatic nitrogens is 2. The monoisotopic (exact) mass is 652 g/mol. The van der Waals surface area contributed by atoms with Gasteiger partial charge in [-0.15, -0.1) is 0 Å². The smallest absolute Gasteiger partial charge is 0.154 e. The van der Waals surface area contributed by atoms with Crippen molar-refractivity contribution in [2.45, 2.75) is 6.42 Å². The lowest BCUT2D eigenvalue weighted by atomic mass is 9.93. The molecule has 0 atom stereocenters. The summed E-state index contributed by atoms with van der Waals surface area (Å²) in [5.74, 6) is 3.05. The Morgan fingerprint density at radius 2 is 0.922 bits per heavy atom. The van der Waals surface area contributed by atoms with E-state index in [4.69, 9.17) is 9.98 Å². The fraction of sp³-hybridized carbons (Fsp3) is 0.0222. The minimum atomic E-state index is 0.692. The number of amidine groups is 2. The molecule has 238 valence electrons. The largest absolute Gasteiger partial charge is 0.339 e. The molecule has 11 rings (SSSR count). The maximum Gasteiger partial charge on any atom is 0.154 e. The highest BCUT2D eigenvalue weighted by Gasteiger charge is 2.25. The van der Waals surface area contributed by atoms with E-state index in [2.05, 4.69) is 118 Å². The molecule has 2 N–H and O–H groups in total. The lowest BCUT2D eigenvalue weighted by Gasteiger charge is -2.11. The van der Waals surface area contributed by atoms with Crippen LogP contribution < -0.4 is 10.6 Å². The first kappa shape index (κ1) is 28.0. The van der Waals surface area contributed by atoms with Crippen LogP contribution in [0.3, 0.4) is 0 Å². The molecule has 0 saturated heterocycles. The Balaban J connectivity index is 0.941. The van der Waals surface area contributed by atoms with Gasteiger partial charge in [-0.1, -0.05) is 97.1 Å². The first-order valence-electron chi connectivity index (χ1n) is 17.2. The van der Waals surface area contributed by atoms with Gasteiger partial charge in [0.1, 0.15) is 11.7 Å². The molecule has 6 heteroatoms. The zero-order valence-corrected chi connectivity index (χ0v) is 27.4. The molecule has 0 bridgehead atoms. The van der Waals surface area contributed by atoms with Crippen molar-refractivity contribution in [2.24, 2.45) is 9.98 Å². The first-order chi connectivity index (χ1) is 25.2. The van der Waals surface area contributed by atoms with Gasteiger partial charge in [0.05, 0.1) is 0 Å². The van der Waals surface area contributed by atoms with Gasteiger partial charge in [-0.3, -0.25) is 0 Å². The second kappa shape index (κ2) is 10.8. The van der Waals surface area contributed by atoms with E-state index in [9.17, 15) is 0 Å². The molecule has 1 aliphatic carbocycles. The van der Waals surface area contributed by atoms with Gasteiger partial charge in [-0.25, -0.2) is 20.0 Å². The van der Waals surface area contributed by atoms with Crippen molar-refractivity contribution in [2.75, 3.05) is 10.6 Å². The SMILES string of the molecule is c1ccc(N=C2Nc3ccc(-c4ccc5c(c4)Cc4cc(-c6ccc7c8c(cccc68)C(=Nc6ccccn6)N7)ccc4-5)c4cccc2c34)nc1. The van der Waals surface area contributed by atoms with Gasteiger partial charge in [0.15, 0.2) is 11.6 Å². The Bertz CT molecular complexity index is 2630. The summed E-state index contributed by atoms with van der Waals surface area (Å²) in [5.41, 5.74) is 14.6. The Morgan fingerprint density at radius 3 is 1.39 bits per heavy atom. The molecule has 51 heavy (non-hydrogen) atoms. The van der Waals surface area contributed by atoms with Gasteiger partial charge in [0.2, 0.25) is 0 Å². The third-order valence-electron chi connectivity index (χ3n) is 10.4. The first-order valence-corrected chi connectivity index (χ1v) is 17.2. The fourth-order valence-electron chi connectivity index (χ4n) is 8.10. The van der Waals surface area contributed by atoms with Crippen molar-refractivity contribution in [3.63, 3.8) is 0 Å². The molecule has 2 aliphatic heterocycles. The molecular formula is C45H28N6. The van der Waals surface area contributed by atoms with Crippen LogP contribution in [0, 0.1) is 0 Å². The molecule has 2 aromatic heterocycles. The maximum atomic E-state index is 4.83. The van der Waals surface area contributed by atoms with Gasteiger partial charge in [-0.2, -0.15) is 0 Å². The summed E-state index contributed by atoms with van der Waals surface area (Å²) < 4.78 is 0. The summed E-state index contributed by atoms with van der Waals surface area (Å²) in [6.45, 7) is 0. The van der Waals surface area contributed by atoms with E-state index in [0.717, 1.165) is 40.6 Å². The number of nitrogens with zero attached hydrogens (tertiary/aromatic N) is 4. The molecule has 0 fully saturated rings. The van der Waals surface area contributed by atoms with Gasteiger partial charge in [-0.05, 0) is 98.1 Å². The number of nitrogens with one attached hydrogen (secondary N) is 2. The Hall–Kier alpha value is -6.92. The van der Waals surface area contributed by atoms with Crippen molar-refractivity contribution in [1.29, 1.82) is 0 Å². The highest BCUT2D eigenvalue weighted by atomic mass is 15.1. The third kappa shape index (κ3) is 4.36. The Morgan fingerprint density at radius 1 is 0.431 bits per heavy atom. The van der Waals surface area contributed by atoms with E-state index in [1.807, 2.05) is 36.4 Å². The van der Waals surface area contributed by atoms with Crippen LogP contribution >= 0.6 is 0 Å². The number of hydrogen-bond acceptors (Lipinski definition) is 4. The third-order valence-corrected chi connectivity index (χ3v) is 10.4. The van der Waals surface area contributed by atoms with Gasteiger partial charge in [0.25, 0.3) is 0 Å². The van der Waals surface area contributed by atoms with Gasteiger partial charge in [0, 0.05) is 45.7 Å². The summed E-state index contributed by atoms with van der Waals surface area (Å²) >= 11 is 0. The molecule has 4 heterocycles. The lowest BCUT2D eigenvalue weighted by Crippen LogP contribution is -2.06. The molecule has 0 amide bonds. The molecule has 6 nitrogen and oxygen atoms in total. The summed E-state index contributed by atoms with van der Waals surface area (Å²) in [4.78, 5) is 18.5. The van der Waals surface area contributed by atoms with Crippen LogP contribution in [0.5, 0.6) is 0 Å². The van der Waals surface area contributed by atoms with Gasteiger partial charge < -0.3 is 10.6 Å². The zero-order valence-electron chi connectivity index (χ0n) is 27.4. The molecule has 3 aliphatic rings. The van der Waals surface area contributed by atoms with E-state index in [0.29, 0.717) is 11.6 Å². The summed E-state index contributed by atoms with van der Waals surface area (Å²) in [5, 5.41) is 11.9. The molecule has 6 aromatic carbocycles. The highest BCUT2D eigenvalue weighted by molar-refractivity contribution is 6.29. The van der Waals surface area contributed by atoms with E-state index in [1.54, 1.807) is 12.4 Å². The number of anilines is 2. The number of pyridine rings is 2. The molecular weight excluding hydrogens is 625 g/mol. The summed E-state index contributed by atoms with van der Waals surface area (Å²) in [7, 11) is 0. The molecule has 0 unspecified atom stereocenters. The standard InChI is InChI=1S/C45H28N6/c1-3-21-46-40(11-1)50-44-36-9-5-7-34-30(17-19-38(48-44)42(34)36)26-13-15-32-28(23-26)25-29-24-27(14-16-33(29)32)31-18-20-39-43-35(31)8-6-10-37(43)45(49-39)51-41-12-2-4-22-47-41/h1-24H,25H2,(H,46,48,50)(H,47,49,51). The van der Waals surface area contributed by atoms with Gasteiger partial charge >= 0.3 is 0 Å². The molecule has 8 aromatic rings. The van der Waals surface area contributed by atoms with Crippen LogP contribution in [0.15, 0.2) is 156 Å². The second-order valence-corrected chi connectivity index (χ2v) is 13.2. The van der Waals surface area contributed by atoms with Crippen LogP contribution in [0.2, 0.25) is 0 Å². The van der Waals surface area contributed by atoms with Crippen LogP contribution in [-0.4, -0.2) is 21.6 Å². The number of fused-ring (bicyclic) bond motifs is 3. The van der Waals surface area contributed by atoms with E-state index in [1.165, 1.54) is 66.1 Å². The Kier molecular flexibility index (Phi) is 5.92. The number of hydrogen-bond donors (Lipinski definition) is 2. The van der Waals surface area contributed by atoms with Crippen LogP contribution in [0.1, 0.15) is 22.3 Å². The number of rotatable bonds is 4. The second-order valence-electron chi connectivity index (χ2n) is 13.2. The predicted molar refractivity (Wildman–Crippen MR) is 209 cm³/mol. The topological polar surface area (TPSA) is 74.6 Å². The van der Waals surface area contributed by atoms with Crippen molar-refractivity contribution < 1.29 is 0 Å². The van der Waals surface area contributed by atoms with Crippen LogP contribution in [0.4, 0.5) is 23.0 Å². The minimum Gasteiger partial charge on any atom is -0.339 e. The highest BCUT2D eigenvalue weighted by Crippen LogP contribution is 2.45. The maximum absolute atomic E-state index is 4.83. The average Bonchev–Trinajstić information content (AvgIpc) is 3.85. The normalized spacial score (nSPS) is 15.0. The average molecular weight is 653 g/mol. The van der Waals surface area contributed by atoms with Crippen molar-refractivity contribution in [3.05, 3.63) is 168 Å². The summed E-state index contributed by atoms with van der Waals surface area (Å²) in [6.07, 6.45) is 4.45. The molecule has 0 saturated carbocycles. The van der Waals surface area contributed by atoms with Crippen molar-refractivity contribution in [1.82, 2.24) is 9.97 Å². The van der Waals surface area contributed by atoms with Crippen molar-refractivity contribution in [3.8, 4) is 33.4 Å². The quantitative estimate of drug-likeness (QED) is 0.198. The van der Waals surface area contributed by atoms with E-state index >= 15 is 0 Å². The minimum absolute atomic E-state index is 0.692.